The van der Waals surface area contributed by atoms with Gasteiger partial charge in [-0.15, -0.1) is 12.4 Å². The number of hydrogen-bond donors (Lipinski definition) is 2. The van der Waals surface area contributed by atoms with Gasteiger partial charge in [0.05, 0.1) is 12.7 Å². The molecule has 4 nitrogen and oxygen atoms in total. The third-order valence-corrected chi connectivity index (χ3v) is 5.41. The lowest BCUT2D eigenvalue weighted by molar-refractivity contribution is 0.0106. The van der Waals surface area contributed by atoms with E-state index in [-0.39, 0.29) is 36.0 Å². The molecule has 0 bridgehead atoms. The number of carbonyl (C=O) groups excluding carboxylic acids is 1. The number of benzene rings is 3. The summed E-state index contributed by atoms with van der Waals surface area (Å²) in [5, 5.41) is 10.4. The minimum absolute atomic E-state index is 0. The fraction of sp³-hybridized carbons (Fsp3) is 0.269. The Morgan fingerprint density at radius 3 is 2.41 bits per heavy atom. The number of hydrogen-bond acceptors (Lipinski definition) is 4. The van der Waals surface area contributed by atoms with E-state index < -0.39 is 0 Å². The van der Waals surface area contributed by atoms with E-state index in [4.69, 9.17) is 9.84 Å². The summed E-state index contributed by atoms with van der Waals surface area (Å²) in [7, 11) is 1.00. The van der Waals surface area contributed by atoms with Crippen molar-refractivity contribution in [2.75, 3.05) is 20.2 Å². The third-order valence-electron chi connectivity index (χ3n) is 5.41. The molecule has 4 rings (SSSR count). The molecule has 6 heteroatoms. The van der Waals surface area contributed by atoms with Crippen molar-refractivity contribution in [1.82, 2.24) is 5.32 Å². The Morgan fingerprint density at radius 1 is 1.00 bits per heavy atom. The van der Waals surface area contributed by atoms with Gasteiger partial charge < -0.3 is 15.2 Å². The lowest BCUT2D eigenvalue weighted by Gasteiger charge is -2.32. The topological polar surface area (TPSA) is 58.6 Å². The molecular formula is C26H29ClFNO3. The molecule has 2 atom stereocenters. The second-order valence-corrected chi connectivity index (χ2v) is 7.40. The van der Waals surface area contributed by atoms with Crippen LogP contribution in [0.15, 0.2) is 78.9 Å². The minimum Gasteiger partial charge on any atom is -0.400 e. The summed E-state index contributed by atoms with van der Waals surface area (Å²) in [5.74, 6) is 0.0157. The van der Waals surface area contributed by atoms with Crippen molar-refractivity contribution >= 4 is 18.2 Å². The fourth-order valence-electron chi connectivity index (χ4n) is 3.86. The lowest BCUT2D eigenvalue weighted by atomic mass is 9.88. The van der Waals surface area contributed by atoms with Crippen LogP contribution in [0, 0.1) is 5.82 Å². The molecule has 170 valence electrons. The Morgan fingerprint density at radius 2 is 1.69 bits per heavy atom. The Hall–Kier alpha value is -2.57. The monoisotopic (exact) mass is 457 g/mol. The van der Waals surface area contributed by atoms with Gasteiger partial charge in [-0.2, -0.15) is 0 Å². The van der Waals surface area contributed by atoms with Crippen molar-refractivity contribution in [3.8, 4) is 0 Å². The van der Waals surface area contributed by atoms with Crippen molar-refractivity contribution in [3.63, 3.8) is 0 Å². The average molecular weight is 458 g/mol. The lowest BCUT2D eigenvalue weighted by Crippen LogP contribution is -2.40. The fourth-order valence-corrected chi connectivity index (χ4v) is 3.86. The maximum absolute atomic E-state index is 13.3. The molecule has 0 saturated carbocycles. The van der Waals surface area contributed by atoms with Crippen molar-refractivity contribution in [2.24, 2.45) is 0 Å². The molecule has 3 aromatic carbocycles. The Bertz CT molecular complexity index is 966. The van der Waals surface area contributed by atoms with Crippen LogP contribution in [0.2, 0.25) is 0 Å². The smallest absolute Gasteiger partial charge is 0.193 e. The normalized spacial score (nSPS) is 17.5. The van der Waals surface area contributed by atoms with Crippen molar-refractivity contribution in [2.45, 2.75) is 25.0 Å². The van der Waals surface area contributed by atoms with Crippen LogP contribution < -0.4 is 5.32 Å². The van der Waals surface area contributed by atoms with Gasteiger partial charge in [0.25, 0.3) is 0 Å². The van der Waals surface area contributed by atoms with E-state index in [1.807, 2.05) is 66.7 Å². The van der Waals surface area contributed by atoms with Gasteiger partial charge in [0.2, 0.25) is 0 Å². The van der Waals surface area contributed by atoms with E-state index in [0.717, 1.165) is 37.7 Å². The SMILES string of the molecule is CO.Cl.O=C(c1ccccc1)c1cccc(COC2CNCCC2c2ccc(F)cc2)c1. The second kappa shape index (κ2) is 13.1. The number of aliphatic hydroxyl groups is 1. The molecule has 32 heavy (non-hydrogen) atoms. The van der Waals surface area contributed by atoms with Crippen LogP contribution in [0.5, 0.6) is 0 Å². The van der Waals surface area contributed by atoms with Crippen molar-refractivity contribution in [3.05, 3.63) is 107 Å². The average Bonchev–Trinajstić information content (AvgIpc) is 2.85. The molecule has 0 aliphatic carbocycles. The molecule has 1 aliphatic heterocycles. The van der Waals surface area contributed by atoms with E-state index in [9.17, 15) is 9.18 Å². The van der Waals surface area contributed by atoms with Crippen LogP contribution >= 0.6 is 12.4 Å². The molecule has 2 N–H and O–H groups in total. The molecule has 2 unspecified atom stereocenters. The van der Waals surface area contributed by atoms with Gasteiger partial charge in [-0.25, -0.2) is 4.39 Å². The number of nitrogens with one attached hydrogen (secondary N) is 1. The molecule has 0 spiro atoms. The number of ketones is 1. The molecule has 0 aromatic heterocycles. The van der Waals surface area contributed by atoms with Crippen molar-refractivity contribution < 1.29 is 19.0 Å². The Labute approximate surface area is 194 Å². The molecule has 1 saturated heterocycles. The quantitative estimate of drug-likeness (QED) is 0.524. The molecule has 0 amide bonds. The van der Waals surface area contributed by atoms with Crippen LogP contribution in [-0.4, -0.2) is 37.2 Å². The standard InChI is InChI=1S/C25H24FNO2.CH4O.ClH/c26-22-11-9-19(10-12-22)23-13-14-27-16-24(23)29-17-18-5-4-8-21(15-18)25(28)20-6-2-1-3-7-20;1-2;/h1-12,15,23-24,27H,13-14,16-17H2;2H,1H3;1H. The van der Waals surface area contributed by atoms with Crippen LogP contribution in [0.3, 0.4) is 0 Å². The minimum atomic E-state index is -0.222. The predicted molar refractivity (Wildman–Crippen MR) is 127 cm³/mol. The van der Waals surface area contributed by atoms with Crippen LogP contribution in [0.1, 0.15) is 39.4 Å². The molecular weight excluding hydrogens is 429 g/mol. The summed E-state index contributed by atoms with van der Waals surface area (Å²) in [6.07, 6.45) is 0.950. The van der Waals surface area contributed by atoms with E-state index in [2.05, 4.69) is 5.32 Å². The zero-order valence-electron chi connectivity index (χ0n) is 18.0. The van der Waals surface area contributed by atoms with Gasteiger partial charge in [-0.1, -0.05) is 60.7 Å². The predicted octanol–water partition coefficient (Wildman–Crippen LogP) is 4.75. The maximum atomic E-state index is 13.3. The zero-order valence-corrected chi connectivity index (χ0v) is 18.9. The van der Waals surface area contributed by atoms with Crippen LogP contribution in [0.4, 0.5) is 4.39 Å². The van der Waals surface area contributed by atoms with Crippen LogP contribution in [0.25, 0.3) is 0 Å². The van der Waals surface area contributed by atoms with Gasteiger partial charge >= 0.3 is 0 Å². The van der Waals surface area contributed by atoms with Gasteiger partial charge in [0, 0.05) is 30.7 Å². The highest BCUT2D eigenvalue weighted by Gasteiger charge is 2.27. The summed E-state index contributed by atoms with van der Waals surface area (Å²) in [4.78, 5) is 12.7. The number of ether oxygens (including phenoxy) is 1. The summed E-state index contributed by atoms with van der Waals surface area (Å²) < 4.78 is 19.5. The van der Waals surface area contributed by atoms with E-state index in [1.165, 1.54) is 12.1 Å². The first kappa shape index (κ1) is 25.7. The number of rotatable bonds is 6. The highest BCUT2D eigenvalue weighted by atomic mass is 35.5. The highest BCUT2D eigenvalue weighted by Crippen LogP contribution is 2.28. The Kier molecular flexibility index (Phi) is 10.5. The molecule has 0 radical (unpaired) electrons. The summed E-state index contributed by atoms with van der Waals surface area (Å²) in [6.45, 7) is 2.10. The first-order chi connectivity index (χ1) is 15.2. The van der Waals surface area contributed by atoms with Gasteiger partial charge in [-0.3, -0.25) is 4.79 Å². The summed E-state index contributed by atoms with van der Waals surface area (Å²) in [6, 6.07) is 23.6. The third kappa shape index (κ3) is 6.71. The number of aliphatic hydroxyl groups excluding tert-OH is 1. The first-order valence-electron chi connectivity index (χ1n) is 10.4. The number of piperidine rings is 1. The molecule has 1 fully saturated rings. The van der Waals surface area contributed by atoms with Crippen LogP contribution in [-0.2, 0) is 11.3 Å². The maximum Gasteiger partial charge on any atom is 0.193 e. The second-order valence-electron chi connectivity index (χ2n) is 7.40. The van der Waals surface area contributed by atoms with Crippen molar-refractivity contribution in [1.29, 1.82) is 0 Å². The first-order valence-corrected chi connectivity index (χ1v) is 10.4. The van der Waals surface area contributed by atoms with Gasteiger partial charge in [0.1, 0.15) is 5.82 Å². The van der Waals surface area contributed by atoms with E-state index in [0.29, 0.717) is 17.7 Å². The Balaban J connectivity index is 0.00000118. The largest absolute Gasteiger partial charge is 0.400 e. The van der Waals surface area contributed by atoms with E-state index in [1.54, 1.807) is 0 Å². The molecule has 1 aliphatic rings. The molecule has 3 aromatic rings. The number of halogens is 2. The zero-order chi connectivity index (χ0) is 22.1. The summed E-state index contributed by atoms with van der Waals surface area (Å²) >= 11 is 0. The highest BCUT2D eigenvalue weighted by molar-refractivity contribution is 6.09. The van der Waals surface area contributed by atoms with Gasteiger partial charge in [-0.05, 0) is 42.3 Å². The number of carbonyl (C=O) groups is 1. The summed E-state index contributed by atoms with van der Waals surface area (Å²) in [5.41, 5.74) is 3.41. The van der Waals surface area contributed by atoms with E-state index >= 15 is 0 Å². The molecule has 1 heterocycles. The van der Waals surface area contributed by atoms with Gasteiger partial charge in [0.15, 0.2) is 5.78 Å².